The van der Waals surface area contributed by atoms with Crippen molar-refractivity contribution in [1.29, 1.82) is 0 Å². The van der Waals surface area contributed by atoms with E-state index < -0.39 is 0 Å². The van der Waals surface area contributed by atoms with E-state index in [0.717, 1.165) is 11.4 Å². The number of hydrogen-bond acceptors (Lipinski definition) is 3. The van der Waals surface area contributed by atoms with Gasteiger partial charge >= 0.3 is 0 Å². The number of benzene rings is 1. The molecule has 1 atom stereocenters. The van der Waals surface area contributed by atoms with E-state index in [2.05, 4.69) is 48.4 Å². The monoisotopic (exact) mass is 232 g/mol. The molecule has 0 fully saturated rings. The zero-order valence-electron chi connectivity index (χ0n) is 9.60. The molecule has 2 aromatic rings. The summed E-state index contributed by atoms with van der Waals surface area (Å²) in [5, 5.41) is 6.55. The first-order valence-corrected chi connectivity index (χ1v) is 6.44. The molecule has 1 unspecified atom stereocenters. The lowest BCUT2D eigenvalue weighted by Gasteiger charge is -2.13. The number of nitrogens with zero attached hydrogens (tertiary/aromatic N) is 1. The number of hydrogen-bond donors (Lipinski definition) is 1. The standard InChI is InChI=1S/C13H16N2S/c1-3-10(2)15-12-6-4-5-11(9-12)13-14-7-8-16-13/h4-10,15H,3H2,1-2H3. The van der Waals surface area contributed by atoms with E-state index >= 15 is 0 Å². The van der Waals surface area contributed by atoms with Crippen molar-refractivity contribution in [2.24, 2.45) is 0 Å². The normalized spacial score (nSPS) is 12.4. The third-order valence-corrected chi connectivity index (χ3v) is 3.39. The van der Waals surface area contributed by atoms with Gasteiger partial charge < -0.3 is 5.32 Å². The minimum Gasteiger partial charge on any atom is -0.383 e. The maximum Gasteiger partial charge on any atom is 0.123 e. The maximum atomic E-state index is 4.32. The highest BCUT2D eigenvalue weighted by Gasteiger charge is 2.03. The molecule has 2 nitrogen and oxygen atoms in total. The maximum absolute atomic E-state index is 4.32. The number of thiazole rings is 1. The smallest absolute Gasteiger partial charge is 0.123 e. The van der Waals surface area contributed by atoms with Crippen molar-refractivity contribution < 1.29 is 0 Å². The summed E-state index contributed by atoms with van der Waals surface area (Å²) >= 11 is 1.67. The molecule has 0 radical (unpaired) electrons. The van der Waals surface area contributed by atoms with Crippen LogP contribution in [0.3, 0.4) is 0 Å². The van der Waals surface area contributed by atoms with Gasteiger partial charge in [0.15, 0.2) is 0 Å². The molecule has 0 aliphatic heterocycles. The average Bonchev–Trinajstić information content (AvgIpc) is 2.83. The number of anilines is 1. The Morgan fingerprint density at radius 3 is 3.00 bits per heavy atom. The minimum absolute atomic E-state index is 0.506. The van der Waals surface area contributed by atoms with Gasteiger partial charge in [0.25, 0.3) is 0 Å². The van der Waals surface area contributed by atoms with E-state index in [1.165, 1.54) is 11.3 Å². The van der Waals surface area contributed by atoms with Gasteiger partial charge in [-0.05, 0) is 25.5 Å². The Bertz CT molecular complexity index is 437. The highest BCUT2D eigenvalue weighted by Crippen LogP contribution is 2.24. The van der Waals surface area contributed by atoms with Gasteiger partial charge in [-0.1, -0.05) is 19.1 Å². The third kappa shape index (κ3) is 2.61. The van der Waals surface area contributed by atoms with Gasteiger partial charge in [0.1, 0.15) is 5.01 Å². The number of aromatic nitrogens is 1. The van der Waals surface area contributed by atoms with Crippen LogP contribution in [0.1, 0.15) is 20.3 Å². The molecule has 1 aromatic carbocycles. The Hall–Kier alpha value is -1.35. The van der Waals surface area contributed by atoms with E-state index in [0.29, 0.717) is 6.04 Å². The molecule has 0 amide bonds. The van der Waals surface area contributed by atoms with Gasteiger partial charge in [-0.3, -0.25) is 0 Å². The zero-order valence-corrected chi connectivity index (χ0v) is 10.4. The predicted molar refractivity (Wildman–Crippen MR) is 70.9 cm³/mol. The van der Waals surface area contributed by atoms with E-state index in [1.807, 2.05) is 11.6 Å². The molecule has 0 saturated carbocycles. The topological polar surface area (TPSA) is 24.9 Å². The summed E-state index contributed by atoms with van der Waals surface area (Å²) in [4.78, 5) is 4.32. The second-order valence-electron chi connectivity index (χ2n) is 3.87. The molecule has 16 heavy (non-hydrogen) atoms. The van der Waals surface area contributed by atoms with Crippen molar-refractivity contribution in [2.75, 3.05) is 5.32 Å². The molecule has 0 bridgehead atoms. The van der Waals surface area contributed by atoms with Crippen molar-refractivity contribution in [3.8, 4) is 10.6 Å². The van der Waals surface area contributed by atoms with Gasteiger partial charge in [-0.25, -0.2) is 4.98 Å². The van der Waals surface area contributed by atoms with Crippen LogP contribution in [0, 0.1) is 0 Å². The second kappa shape index (κ2) is 5.12. The summed E-state index contributed by atoms with van der Waals surface area (Å²) in [6.07, 6.45) is 2.97. The van der Waals surface area contributed by atoms with Crippen LogP contribution in [0.25, 0.3) is 10.6 Å². The molecule has 84 valence electrons. The highest BCUT2D eigenvalue weighted by atomic mass is 32.1. The first-order chi connectivity index (χ1) is 7.79. The number of rotatable bonds is 4. The first-order valence-electron chi connectivity index (χ1n) is 5.56. The lowest BCUT2D eigenvalue weighted by Crippen LogP contribution is -2.13. The fourth-order valence-electron chi connectivity index (χ4n) is 1.49. The summed E-state index contributed by atoms with van der Waals surface area (Å²) < 4.78 is 0. The van der Waals surface area contributed by atoms with E-state index in [-0.39, 0.29) is 0 Å². The Morgan fingerprint density at radius 1 is 1.44 bits per heavy atom. The molecule has 3 heteroatoms. The van der Waals surface area contributed by atoms with Gasteiger partial charge in [0.05, 0.1) is 0 Å². The molecule has 2 rings (SSSR count). The van der Waals surface area contributed by atoms with Crippen LogP contribution >= 0.6 is 11.3 Å². The Kier molecular flexibility index (Phi) is 3.57. The van der Waals surface area contributed by atoms with Crippen molar-refractivity contribution in [3.63, 3.8) is 0 Å². The lowest BCUT2D eigenvalue weighted by molar-refractivity contribution is 0.764. The molecule has 0 saturated heterocycles. The molecular formula is C13H16N2S. The Morgan fingerprint density at radius 2 is 2.31 bits per heavy atom. The van der Waals surface area contributed by atoms with Crippen molar-refractivity contribution >= 4 is 17.0 Å². The van der Waals surface area contributed by atoms with Gasteiger partial charge in [-0.15, -0.1) is 11.3 Å². The molecule has 0 spiro atoms. The van der Waals surface area contributed by atoms with E-state index in [1.54, 1.807) is 11.3 Å². The quantitative estimate of drug-likeness (QED) is 0.861. The summed E-state index contributed by atoms with van der Waals surface area (Å²) in [6, 6.07) is 8.93. The predicted octanol–water partition coefficient (Wildman–Crippen LogP) is 4.02. The third-order valence-electron chi connectivity index (χ3n) is 2.57. The fraction of sp³-hybridized carbons (Fsp3) is 0.308. The van der Waals surface area contributed by atoms with Gasteiger partial charge in [-0.2, -0.15) is 0 Å². The summed E-state index contributed by atoms with van der Waals surface area (Å²) in [5.41, 5.74) is 2.35. The van der Waals surface area contributed by atoms with Crippen molar-refractivity contribution in [3.05, 3.63) is 35.8 Å². The first kappa shape index (κ1) is 11.1. The number of nitrogens with one attached hydrogen (secondary N) is 1. The van der Waals surface area contributed by atoms with Gasteiger partial charge in [0.2, 0.25) is 0 Å². The zero-order chi connectivity index (χ0) is 11.4. The molecule has 1 heterocycles. The van der Waals surface area contributed by atoms with E-state index in [9.17, 15) is 0 Å². The van der Waals surface area contributed by atoms with Crippen LogP contribution < -0.4 is 5.32 Å². The van der Waals surface area contributed by atoms with Gasteiger partial charge in [0, 0.05) is 28.9 Å². The molecule has 1 aromatic heterocycles. The van der Waals surface area contributed by atoms with Crippen LogP contribution in [0.15, 0.2) is 35.8 Å². The summed E-state index contributed by atoms with van der Waals surface area (Å²) in [6.45, 7) is 4.37. The van der Waals surface area contributed by atoms with Crippen LogP contribution in [-0.4, -0.2) is 11.0 Å². The van der Waals surface area contributed by atoms with Crippen LogP contribution in [0.2, 0.25) is 0 Å². The Balaban J connectivity index is 2.20. The van der Waals surface area contributed by atoms with E-state index in [4.69, 9.17) is 0 Å². The minimum atomic E-state index is 0.506. The molecular weight excluding hydrogens is 216 g/mol. The van der Waals surface area contributed by atoms with Crippen LogP contribution in [0.4, 0.5) is 5.69 Å². The lowest BCUT2D eigenvalue weighted by atomic mass is 10.2. The SMILES string of the molecule is CCC(C)Nc1cccc(-c2nccs2)c1. The largest absolute Gasteiger partial charge is 0.383 e. The Labute approximate surface area is 100 Å². The molecule has 0 aliphatic rings. The highest BCUT2D eigenvalue weighted by molar-refractivity contribution is 7.13. The van der Waals surface area contributed by atoms with Crippen LogP contribution in [0.5, 0.6) is 0 Å². The van der Waals surface area contributed by atoms with Crippen molar-refractivity contribution in [2.45, 2.75) is 26.3 Å². The molecule has 1 N–H and O–H groups in total. The second-order valence-corrected chi connectivity index (χ2v) is 4.77. The fourth-order valence-corrected chi connectivity index (χ4v) is 2.13. The van der Waals surface area contributed by atoms with Crippen LogP contribution in [-0.2, 0) is 0 Å². The molecule has 0 aliphatic carbocycles. The summed E-state index contributed by atoms with van der Waals surface area (Å²) in [5.74, 6) is 0. The average molecular weight is 232 g/mol. The summed E-state index contributed by atoms with van der Waals surface area (Å²) in [7, 11) is 0. The van der Waals surface area contributed by atoms with Crippen molar-refractivity contribution in [1.82, 2.24) is 4.98 Å².